The first kappa shape index (κ1) is 14.8. The smallest absolute Gasteiger partial charge is 0.123 e. The minimum absolute atomic E-state index is 0.993. The molecule has 0 amide bonds. The minimum Gasteiger partial charge on any atom is -0.496 e. The van der Waals surface area contributed by atoms with Crippen molar-refractivity contribution in [2.24, 2.45) is 0 Å². The number of halogens is 1. The zero-order valence-electron chi connectivity index (χ0n) is 11.9. The largest absolute Gasteiger partial charge is 0.496 e. The van der Waals surface area contributed by atoms with Crippen LogP contribution in [0.15, 0.2) is 18.2 Å². The van der Waals surface area contributed by atoms with E-state index >= 15 is 0 Å². The van der Waals surface area contributed by atoms with E-state index in [1.165, 1.54) is 24.2 Å². The lowest BCUT2D eigenvalue weighted by atomic mass is 10.1. The molecule has 1 aliphatic rings. The van der Waals surface area contributed by atoms with Crippen LogP contribution in [0, 0.1) is 6.92 Å². The average molecular weight is 327 g/mol. The summed E-state index contributed by atoms with van der Waals surface area (Å²) in [5, 5.41) is 1.07. The van der Waals surface area contributed by atoms with E-state index in [4.69, 9.17) is 4.74 Å². The second-order valence-corrected chi connectivity index (χ2v) is 5.92. The number of hydrogen-bond donors (Lipinski definition) is 0. The summed E-state index contributed by atoms with van der Waals surface area (Å²) in [5.74, 6) is 1.01. The molecule has 1 aromatic carbocycles. The number of methoxy groups -OCH3 is 1. The van der Waals surface area contributed by atoms with Crippen molar-refractivity contribution in [3.63, 3.8) is 0 Å². The van der Waals surface area contributed by atoms with E-state index in [9.17, 15) is 0 Å². The molecule has 0 spiro atoms. The highest BCUT2D eigenvalue weighted by Crippen LogP contribution is 2.21. The van der Waals surface area contributed by atoms with Crippen LogP contribution < -0.4 is 4.74 Å². The molecule has 1 heterocycles. The molecule has 1 aliphatic heterocycles. The number of hydrogen-bond acceptors (Lipinski definition) is 3. The summed E-state index contributed by atoms with van der Waals surface area (Å²) >= 11 is 3.51. The Hall–Kier alpha value is -0.580. The molecule has 1 saturated heterocycles. The number of rotatable bonds is 5. The third-order valence-electron chi connectivity index (χ3n) is 3.70. The topological polar surface area (TPSA) is 15.7 Å². The van der Waals surface area contributed by atoms with Crippen molar-refractivity contribution in [1.29, 1.82) is 0 Å². The number of piperazine rings is 1. The summed E-state index contributed by atoms with van der Waals surface area (Å²) in [4.78, 5) is 5.03. The Morgan fingerprint density at radius 1 is 1.16 bits per heavy atom. The van der Waals surface area contributed by atoms with E-state index in [0.29, 0.717) is 0 Å². The maximum atomic E-state index is 5.46. The molecule has 2 rings (SSSR count). The standard InChI is InChI=1S/C15H23BrN2O/c1-13-3-4-15(19-2)14(11-13)12-18-9-7-17(6-5-16)8-10-18/h3-4,11H,5-10,12H2,1-2H3. The predicted molar refractivity (Wildman–Crippen MR) is 83.2 cm³/mol. The summed E-state index contributed by atoms with van der Waals surface area (Å²) < 4.78 is 5.46. The van der Waals surface area contributed by atoms with Crippen molar-refractivity contribution in [3.8, 4) is 5.75 Å². The van der Waals surface area contributed by atoms with Crippen molar-refractivity contribution >= 4 is 15.9 Å². The van der Waals surface area contributed by atoms with Crippen molar-refractivity contribution < 1.29 is 4.74 Å². The van der Waals surface area contributed by atoms with Crippen molar-refractivity contribution in [2.75, 3.05) is 45.2 Å². The van der Waals surface area contributed by atoms with Crippen LogP contribution in [0.2, 0.25) is 0 Å². The van der Waals surface area contributed by atoms with Crippen molar-refractivity contribution in [1.82, 2.24) is 9.80 Å². The molecular formula is C15H23BrN2O. The fourth-order valence-corrected chi connectivity index (χ4v) is 3.06. The van der Waals surface area contributed by atoms with E-state index in [0.717, 1.165) is 37.3 Å². The molecule has 0 aromatic heterocycles. The molecule has 0 unspecified atom stereocenters. The van der Waals surface area contributed by atoms with E-state index in [1.807, 2.05) is 0 Å². The van der Waals surface area contributed by atoms with Crippen LogP contribution in [-0.2, 0) is 6.54 Å². The van der Waals surface area contributed by atoms with E-state index in [-0.39, 0.29) is 0 Å². The van der Waals surface area contributed by atoms with E-state index in [2.05, 4.69) is 50.9 Å². The highest BCUT2D eigenvalue weighted by Gasteiger charge is 2.17. The molecule has 0 saturated carbocycles. The van der Waals surface area contributed by atoms with Gasteiger partial charge in [0.05, 0.1) is 7.11 Å². The molecule has 0 radical (unpaired) electrons. The Kier molecular flexibility index (Phi) is 5.67. The lowest BCUT2D eigenvalue weighted by Gasteiger charge is -2.34. The lowest BCUT2D eigenvalue weighted by Crippen LogP contribution is -2.46. The minimum atomic E-state index is 0.993. The second-order valence-electron chi connectivity index (χ2n) is 5.12. The lowest BCUT2D eigenvalue weighted by molar-refractivity contribution is 0.132. The van der Waals surface area contributed by atoms with E-state index in [1.54, 1.807) is 7.11 Å². The molecule has 0 bridgehead atoms. The summed E-state index contributed by atoms with van der Waals surface area (Å²) in [6.07, 6.45) is 0. The van der Waals surface area contributed by atoms with Crippen molar-refractivity contribution in [2.45, 2.75) is 13.5 Å². The first-order valence-corrected chi connectivity index (χ1v) is 7.99. The fourth-order valence-electron chi connectivity index (χ4n) is 2.56. The van der Waals surface area contributed by atoms with Gasteiger partial charge in [0.15, 0.2) is 0 Å². The summed E-state index contributed by atoms with van der Waals surface area (Å²) in [5.41, 5.74) is 2.60. The SMILES string of the molecule is COc1ccc(C)cc1CN1CCN(CCBr)CC1. The monoisotopic (exact) mass is 326 g/mol. The maximum Gasteiger partial charge on any atom is 0.123 e. The molecular weight excluding hydrogens is 304 g/mol. The third kappa shape index (κ3) is 4.20. The molecule has 3 nitrogen and oxygen atoms in total. The predicted octanol–water partition coefficient (Wildman–Crippen LogP) is 2.52. The van der Waals surface area contributed by atoms with Gasteiger partial charge in [-0.15, -0.1) is 0 Å². The van der Waals surface area contributed by atoms with Crippen molar-refractivity contribution in [3.05, 3.63) is 29.3 Å². The Bertz CT molecular complexity index is 403. The molecule has 0 N–H and O–H groups in total. The highest BCUT2D eigenvalue weighted by molar-refractivity contribution is 9.09. The van der Waals surface area contributed by atoms with Gasteiger partial charge in [0.2, 0.25) is 0 Å². The quantitative estimate of drug-likeness (QED) is 0.773. The van der Waals surface area contributed by atoms with Gasteiger partial charge in [-0.3, -0.25) is 9.80 Å². The molecule has 1 aromatic rings. The third-order valence-corrected chi connectivity index (χ3v) is 4.05. The van der Waals surface area contributed by atoms with Gasteiger partial charge in [-0.25, -0.2) is 0 Å². The first-order valence-electron chi connectivity index (χ1n) is 6.87. The van der Waals surface area contributed by atoms with Crippen LogP contribution in [-0.4, -0.2) is 55.0 Å². The van der Waals surface area contributed by atoms with Crippen LogP contribution in [0.5, 0.6) is 5.75 Å². The van der Waals surface area contributed by atoms with Gasteiger partial charge in [-0.05, 0) is 13.0 Å². The Balaban J connectivity index is 1.93. The van der Waals surface area contributed by atoms with Gasteiger partial charge < -0.3 is 4.74 Å². The molecule has 106 valence electrons. The molecule has 0 atom stereocenters. The first-order chi connectivity index (χ1) is 9.22. The number of alkyl halides is 1. The van der Waals surface area contributed by atoms with Gasteiger partial charge in [0.1, 0.15) is 5.75 Å². The summed E-state index contributed by atoms with van der Waals surface area (Å²) in [6.45, 7) is 8.90. The van der Waals surface area contributed by atoms with Crippen LogP contribution >= 0.6 is 15.9 Å². The summed E-state index contributed by atoms with van der Waals surface area (Å²) in [6, 6.07) is 6.42. The number of benzene rings is 1. The highest BCUT2D eigenvalue weighted by atomic mass is 79.9. The normalized spacial score (nSPS) is 17.6. The number of aryl methyl sites for hydroxylation is 1. The van der Waals surface area contributed by atoms with Gasteiger partial charge in [-0.1, -0.05) is 33.6 Å². The number of ether oxygens (including phenoxy) is 1. The Labute approximate surface area is 124 Å². The molecule has 1 fully saturated rings. The second kappa shape index (κ2) is 7.27. The molecule has 19 heavy (non-hydrogen) atoms. The Morgan fingerprint density at radius 3 is 2.47 bits per heavy atom. The number of nitrogens with zero attached hydrogens (tertiary/aromatic N) is 2. The van der Waals surface area contributed by atoms with Gasteiger partial charge >= 0.3 is 0 Å². The Morgan fingerprint density at radius 2 is 1.84 bits per heavy atom. The zero-order chi connectivity index (χ0) is 13.7. The van der Waals surface area contributed by atoms with Crippen LogP contribution in [0.3, 0.4) is 0 Å². The molecule has 4 heteroatoms. The molecule has 0 aliphatic carbocycles. The van der Waals surface area contributed by atoms with E-state index < -0.39 is 0 Å². The average Bonchev–Trinajstić information content (AvgIpc) is 2.42. The van der Waals surface area contributed by atoms with Crippen LogP contribution in [0.4, 0.5) is 0 Å². The van der Waals surface area contributed by atoms with Crippen LogP contribution in [0.25, 0.3) is 0 Å². The van der Waals surface area contributed by atoms with Crippen LogP contribution in [0.1, 0.15) is 11.1 Å². The fraction of sp³-hybridized carbons (Fsp3) is 0.600. The summed E-state index contributed by atoms with van der Waals surface area (Å²) in [7, 11) is 1.75. The van der Waals surface area contributed by atoms with Gasteiger partial charge in [-0.2, -0.15) is 0 Å². The van der Waals surface area contributed by atoms with Gasteiger partial charge in [0.25, 0.3) is 0 Å². The zero-order valence-corrected chi connectivity index (χ0v) is 13.4. The van der Waals surface area contributed by atoms with Gasteiger partial charge in [0, 0.05) is 50.2 Å². The maximum absolute atomic E-state index is 5.46.